The predicted molar refractivity (Wildman–Crippen MR) is 82.6 cm³/mol. The van der Waals surface area contributed by atoms with Crippen LogP contribution in [0.2, 0.25) is 0 Å². The van der Waals surface area contributed by atoms with Crippen LogP contribution in [0.4, 0.5) is 0 Å². The molecule has 3 nitrogen and oxygen atoms in total. The molecule has 0 aliphatic rings. The molecular formula is C14H20N2OS2. The first-order valence-corrected chi connectivity index (χ1v) is 8.39. The molecule has 0 fully saturated rings. The molecule has 0 bridgehead atoms. The molecule has 0 saturated carbocycles. The van der Waals surface area contributed by atoms with Gasteiger partial charge in [-0.2, -0.15) is 0 Å². The van der Waals surface area contributed by atoms with E-state index >= 15 is 0 Å². The molecule has 19 heavy (non-hydrogen) atoms. The number of nitrogens with zero attached hydrogens (tertiary/aromatic N) is 1. The number of hydrogen-bond donors (Lipinski definition) is 2. The predicted octanol–water partition coefficient (Wildman–Crippen LogP) is 3.37. The lowest BCUT2D eigenvalue weighted by Crippen LogP contribution is -2.23. The first kappa shape index (κ1) is 14.7. The first-order chi connectivity index (χ1) is 9.33. The summed E-state index contributed by atoms with van der Waals surface area (Å²) in [5, 5.41) is 17.7. The van der Waals surface area contributed by atoms with E-state index in [1.807, 2.05) is 0 Å². The molecule has 0 aliphatic carbocycles. The van der Waals surface area contributed by atoms with Crippen molar-refractivity contribution in [2.24, 2.45) is 5.92 Å². The molecule has 0 saturated heterocycles. The highest BCUT2D eigenvalue weighted by atomic mass is 32.1. The Balaban J connectivity index is 1.80. The van der Waals surface area contributed by atoms with Gasteiger partial charge >= 0.3 is 0 Å². The van der Waals surface area contributed by atoms with Gasteiger partial charge in [0.2, 0.25) is 0 Å². The fourth-order valence-corrected chi connectivity index (χ4v) is 3.57. The summed E-state index contributed by atoms with van der Waals surface area (Å²) in [7, 11) is 0. The van der Waals surface area contributed by atoms with Gasteiger partial charge in [-0.3, -0.25) is 0 Å². The average molecular weight is 296 g/mol. The summed E-state index contributed by atoms with van der Waals surface area (Å²) in [6.07, 6.45) is 1.98. The van der Waals surface area contributed by atoms with E-state index in [9.17, 15) is 0 Å². The summed E-state index contributed by atoms with van der Waals surface area (Å²) in [6, 6.07) is 4.16. The SMILES string of the molecule is CCC(CCO)CNCc1csc(-c2cccs2)n1. The number of thiazole rings is 1. The third kappa shape index (κ3) is 4.38. The highest BCUT2D eigenvalue weighted by Crippen LogP contribution is 2.27. The molecule has 1 unspecified atom stereocenters. The van der Waals surface area contributed by atoms with Crippen LogP contribution in [0.3, 0.4) is 0 Å². The van der Waals surface area contributed by atoms with Gasteiger partial charge in [-0.1, -0.05) is 19.4 Å². The largest absolute Gasteiger partial charge is 0.396 e. The third-order valence-electron chi connectivity index (χ3n) is 3.14. The monoisotopic (exact) mass is 296 g/mol. The topological polar surface area (TPSA) is 45.1 Å². The van der Waals surface area contributed by atoms with Gasteiger partial charge in [0.05, 0.1) is 10.6 Å². The highest BCUT2D eigenvalue weighted by Gasteiger charge is 2.07. The standard InChI is InChI=1S/C14H20N2OS2/c1-2-11(5-6-17)8-15-9-12-10-19-14(16-12)13-4-3-7-18-13/h3-4,7,10-11,15,17H,2,5-6,8-9H2,1H3. The van der Waals surface area contributed by atoms with Crippen molar-refractivity contribution in [1.29, 1.82) is 0 Å². The molecule has 0 amide bonds. The van der Waals surface area contributed by atoms with Crippen molar-refractivity contribution in [3.63, 3.8) is 0 Å². The molecule has 5 heteroatoms. The van der Waals surface area contributed by atoms with Gasteiger partial charge in [0.15, 0.2) is 0 Å². The van der Waals surface area contributed by atoms with E-state index in [1.165, 1.54) is 4.88 Å². The van der Waals surface area contributed by atoms with E-state index in [1.54, 1.807) is 22.7 Å². The van der Waals surface area contributed by atoms with Crippen LogP contribution in [0, 0.1) is 5.92 Å². The Hall–Kier alpha value is -0.750. The normalized spacial score (nSPS) is 12.7. The second-order valence-corrected chi connectivity index (χ2v) is 6.34. The van der Waals surface area contributed by atoms with Gasteiger partial charge in [-0.05, 0) is 30.3 Å². The first-order valence-electron chi connectivity index (χ1n) is 6.63. The summed E-state index contributed by atoms with van der Waals surface area (Å²) >= 11 is 3.43. The lowest BCUT2D eigenvalue weighted by Gasteiger charge is -2.13. The van der Waals surface area contributed by atoms with Crippen molar-refractivity contribution in [3.8, 4) is 9.88 Å². The van der Waals surface area contributed by atoms with E-state index in [2.05, 4.69) is 40.1 Å². The molecular weight excluding hydrogens is 276 g/mol. The number of aliphatic hydroxyl groups excluding tert-OH is 1. The fraction of sp³-hybridized carbons (Fsp3) is 0.500. The third-order valence-corrected chi connectivity index (χ3v) is 5.07. The van der Waals surface area contributed by atoms with Crippen LogP contribution in [0.15, 0.2) is 22.9 Å². The molecule has 0 spiro atoms. The number of nitrogens with one attached hydrogen (secondary N) is 1. The lowest BCUT2D eigenvalue weighted by atomic mass is 10.0. The minimum Gasteiger partial charge on any atom is -0.396 e. The van der Waals surface area contributed by atoms with Crippen molar-refractivity contribution in [2.45, 2.75) is 26.3 Å². The zero-order valence-electron chi connectivity index (χ0n) is 11.1. The Morgan fingerprint density at radius 2 is 2.32 bits per heavy atom. The summed E-state index contributed by atoms with van der Waals surface area (Å²) in [5.74, 6) is 0.556. The average Bonchev–Trinajstić information content (AvgIpc) is 3.08. The smallest absolute Gasteiger partial charge is 0.133 e. The Kier molecular flexibility index (Phi) is 5.97. The van der Waals surface area contributed by atoms with Gasteiger partial charge in [0, 0.05) is 18.5 Å². The van der Waals surface area contributed by atoms with Crippen molar-refractivity contribution >= 4 is 22.7 Å². The van der Waals surface area contributed by atoms with E-state index in [0.717, 1.165) is 36.6 Å². The minimum absolute atomic E-state index is 0.277. The van der Waals surface area contributed by atoms with E-state index in [4.69, 9.17) is 5.11 Å². The van der Waals surface area contributed by atoms with Crippen LogP contribution in [-0.4, -0.2) is 23.2 Å². The number of aliphatic hydroxyl groups is 1. The second-order valence-electron chi connectivity index (χ2n) is 4.54. The van der Waals surface area contributed by atoms with Crippen LogP contribution in [-0.2, 0) is 6.54 Å². The van der Waals surface area contributed by atoms with Gasteiger partial charge in [0.25, 0.3) is 0 Å². The number of thiophene rings is 1. The van der Waals surface area contributed by atoms with Crippen LogP contribution in [0.1, 0.15) is 25.5 Å². The van der Waals surface area contributed by atoms with Gasteiger partial charge in [-0.15, -0.1) is 22.7 Å². The zero-order valence-corrected chi connectivity index (χ0v) is 12.8. The van der Waals surface area contributed by atoms with Gasteiger partial charge in [-0.25, -0.2) is 4.98 Å². The maximum Gasteiger partial charge on any atom is 0.133 e. The molecule has 2 heterocycles. The van der Waals surface area contributed by atoms with Crippen LogP contribution in [0.5, 0.6) is 0 Å². The summed E-state index contributed by atoms with van der Waals surface area (Å²) < 4.78 is 0. The molecule has 2 aromatic heterocycles. The van der Waals surface area contributed by atoms with E-state index < -0.39 is 0 Å². The minimum atomic E-state index is 0.277. The molecule has 2 rings (SSSR count). The van der Waals surface area contributed by atoms with E-state index in [-0.39, 0.29) is 6.61 Å². The highest BCUT2D eigenvalue weighted by molar-refractivity contribution is 7.20. The molecule has 0 radical (unpaired) electrons. The van der Waals surface area contributed by atoms with E-state index in [0.29, 0.717) is 5.92 Å². The van der Waals surface area contributed by atoms with Crippen molar-refractivity contribution in [1.82, 2.24) is 10.3 Å². The molecule has 0 aromatic carbocycles. The Labute approximate surface area is 122 Å². The van der Waals surface area contributed by atoms with Crippen LogP contribution in [0.25, 0.3) is 9.88 Å². The maximum atomic E-state index is 8.96. The molecule has 1 atom stereocenters. The number of hydrogen-bond acceptors (Lipinski definition) is 5. The Bertz CT molecular complexity index is 468. The molecule has 0 aliphatic heterocycles. The van der Waals surface area contributed by atoms with Gasteiger partial charge < -0.3 is 10.4 Å². The van der Waals surface area contributed by atoms with Crippen LogP contribution < -0.4 is 5.32 Å². The quantitative estimate of drug-likeness (QED) is 0.785. The van der Waals surface area contributed by atoms with Gasteiger partial charge in [0.1, 0.15) is 5.01 Å². The Morgan fingerprint density at radius 1 is 1.42 bits per heavy atom. The van der Waals surface area contributed by atoms with Crippen LogP contribution >= 0.6 is 22.7 Å². The second kappa shape index (κ2) is 7.75. The molecule has 2 N–H and O–H groups in total. The molecule has 2 aromatic rings. The Morgan fingerprint density at radius 3 is 3.00 bits per heavy atom. The summed E-state index contributed by atoms with van der Waals surface area (Å²) in [4.78, 5) is 5.88. The fourth-order valence-electron chi connectivity index (χ4n) is 1.94. The molecule has 104 valence electrons. The number of rotatable bonds is 8. The number of aromatic nitrogens is 1. The van der Waals surface area contributed by atoms with Crippen molar-refractivity contribution < 1.29 is 5.11 Å². The zero-order chi connectivity index (χ0) is 13.5. The summed E-state index contributed by atoms with van der Waals surface area (Å²) in [5.41, 5.74) is 1.10. The van der Waals surface area contributed by atoms with Crippen molar-refractivity contribution in [3.05, 3.63) is 28.6 Å². The lowest BCUT2D eigenvalue weighted by molar-refractivity contribution is 0.251. The summed E-state index contributed by atoms with van der Waals surface area (Å²) in [6.45, 7) is 4.20. The van der Waals surface area contributed by atoms with Crippen molar-refractivity contribution in [2.75, 3.05) is 13.2 Å². The maximum absolute atomic E-state index is 8.96.